The fraction of sp³-hybridized carbons (Fsp3) is 0.538. The van der Waals surface area contributed by atoms with Gasteiger partial charge in [-0.2, -0.15) is 23.5 Å². The molecule has 1 aromatic carbocycles. The third-order valence-electron chi connectivity index (χ3n) is 3.17. The van der Waals surface area contributed by atoms with Gasteiger partial charge in [0.25, 0.3) is 0 Å². The Labute approximate surface area is 115 Å². The highest BCUT2D eigenvalue weighted by Crippen LogP contribution is 2.39. The molecule has 1 aliphatic heterocycles. The van der Waals surface area contributed by atoms with Crippen LogP contribution in [-0.2, 0) is 0 Å². The summed E-state index contributed by atoms with van der Waals surface area (Å²) in [6.07, 6.45) is 1.03. The maximum atomic E-state index is 13.8. The van der Waals surface area contributed by atoms with E-state index in [0.717, 1.165) is 24.0 Å². The van der Waals surface area contributed by atoms with E-state index in [1.54, 1.807) is 11.8 Å². The van der Waals surface area contributed by atoms with Crippen LogP contribution in [0.1, 0.15) is 24.9 Å². The Morgan fingerprint density at radius 1 is 1.33 bits per heavy atom. The summed E-state index contributed by atoms with van der Waals surface area (Å²) in [4.78, 5) is 0. The molecule has 0 bridgehead atoms. The molecule has 3 unspecified atom stereocenters. The monoisotopic (exact) mass is 289 g/mol. The smallest absolute Gasteiger partial charge is 0.130 e. The second-order valence-electron chi connectivity index (χ2n) is 4.34. The third-order valence-corrected chi connectivity index (χ3v) is 6.54. The molecule has 0 radical (unpaired) electrons. The minimum atomic E-state index is -0.554. The van der Waals surface area contributed by atoms with Crippen molar-refractivity contribution in [1.29, 1.82) is 0 Å². The molecule has 5 heteroatoms. The van der Waals surface area contributed by atoms with E-state index in [4.69, 9.17) is 5.73 Å². The molecule has 1 aromatic rings. The molecule has 18 heavy (non-hydrogen) atoms. The average Bonchev–Trinajstić information content (AvgIpc) is 2.38. The van der Waals surface area contributed by atoms with Crippen LogP contribution >= 0.6 is 23.5 Å². The topological polar surface area (TPSA) is 26.0 Å². The first kappa shape index (κ1) is 14.2. The van der Waals surface area contributed by atoms with Crippen molar-refractivity contribution in [1.82, 2.24) is 0 Å². The van der Waals surface area contributed by atoms with Crippen LogP contribution in [-0.4, -0.2) is 22.0 Å². The number of nitrogens with two attached hydrogens (primary N) is 1. The second kappa shape index (κ2) is 6.26. The van der Waals surface area contributed by atoms with Gasteiger partial charge in [-0.1, -0.05) is 13.0 Å². The van der Waals surface area contributed by atoms with Crippen LogP contribution < -0.4 is 5.73 Å². The lowest BCUT2D eigenvalue weighted by molar-refractivity contribution is 0.542. The molecule has 1 fully saturated rings. The lowest BCUT2D eigenvalue weighted by Crippen LogP contribution is -2.36. The van der Waals surface area contributed by atoms with Gasteiger partial charge in [-0.15, -0.1) is 0 Å². The summed E-state index contributed by atoms with van der Waals surface area (Å²) < 4.78 is 26.7. The van der Waals surface area contributed by atoms with Crippen LogP contribution in [0, 0.1) is 11.6 Å². The van der Waals surface area contributed by atoms with E-state index in [2.05, 4.69) is 6.92 Å². The summed E-state index contributed by atoms with van der Waals surface area (Å²) in [6, 6.07) is 3.30. The van der Waals surface area contributed by atoms with Crippen molar-refractivity contribution < 1.29 is 8.78 Å². The highest BCUT2D eigenvalue weighted by Gasteiger charge is 2.32. The SMILES string of the molecule is CCC1SCCSC1C(N)c1ccc(F)cc1F. The Kier molecular flexibility index (Phi) is 4.92. The normalized spacial score (nSPS) is 26.0. The van der Waals surface area contributed by atoms with Crippen molar-refractivity contribution in [2.45, 2.75) is 29.9 Å². The van der Waals surface area contributed by atoms with E-state index in [1.807, 2.05) is 11.8 Å². The van der Waals surface area contributed by atoms with Crippen LogP contribution in [0.2, 0.25) is 0 Å². The summed E-state index contributed by atoms with van der Waals surface area (Å²) in [5, 5.41) is 0.650. The lowest BCUT2D eigenvalue weighted by Gasteiger charge is -2.34. The largest absolute Gasteiger partial charge is 0.323 e. The number of benzene rings is 1. The molecule has 2 N–H and O–H groups in total. The Balaban J connectivity index is 2.20. The van der Waals surface area contributed by atoms with Gasteiger partial charge < -0.3 is 5.73 Å². The molecule has 1 nitrogen and oxygen atoms in total. The van der Waals surface area contributed by atoms with Gasteiger partial charge in [-0.3, -0.25) is 0 Å². The molecule has 3 atom stereocenters. The molecule has 2 rings (SSSR count). The van der Waals surface area contributed by atoms with E-state index in [1.165, 1.54) is 12.1 Å². The minimum absolute atomic E-state index is 0.203. The van der Waals surface area contributed by atoms with Crippen LogP contribution in [0.4, 0.5) is 8.78 Å². The first-order valence-corrected chi connectivity index (χ1v) is 8.17. The molecule has 0 aliphatic carbocycles. The standard InChI is InChI=1S/C13H17F2NS2/c1-2-11-13(18-6-5-17-11)12(16)9-4-3-8(14)7-10(9)15/h3-4,7,11-13H,2,5-6,16H2,1H3. The molecule has 0 spiro atoms. The summed E-state index contributed by atoms with van der Waals surface area (Å²) in [5.74, 6) is 1.08. The van der Waals surface area contributed by atoms with E-state index in [9.17, 15) is 8.78 Å². The van der Waals surface area contributed by atoms with Gasteiger partial charge in [0, 0.05) is 39.7 Å². The van der Waals surface area contributed by atoms with E-state index in [-0.39, 0.29) is 11.3 Å². The van der Waals surface area contributed by atoms with Gasteiger partial charge in [0.15, 0.2) is 0 Å². The first-order chi connectivity index (χ1) is 8.63. The van der Waals surface area contributed by atoms with Crippen molar-refractivity contribution in [3.05, 3.63) is 35.4 Å². The fourth-order valence-electron chi connectivity index (χ4n) is 2.22. The van der Waals surface area contributed by atoms with Crippen LogP contribution in [0.25, 0.3) is 0 Å². The van der Waals surface area contributed by atoms with E-state index in [0.29, 0.717) is 10.8 Å². The highest BCUT2D eigenvalue weighted by molar-refractivity contribution is 8.07. The molecule has 0 aromatic heterocycles. The Morgan fingerprint density at radius 3 is 2.72 bits per heavy atom. The van der Waals surface area contributed by atoms with Crippen molar-refractivity contribution in [2.75, 3.05) is 11.5 Å². The van der Waals surface area contributed by atoms with E-state index >= 15 is 0 Å². The fourth-order valence-corrected chi connectivity index (χ4v) is 5.39. The summed E-state index contributed by atoms with van der Waals surface area (Å²) in [5.41, 5.74) is 6.62. The summed E-state index contributed by atoms with van der Waals surface area (Å²) in [6.45, 7) is 2.13. The van der Waals surface area contributed by atoms with Crippen molar-refractivity contribution in [2.24, 2.45) is 5.73 Å². The van der Waals surface area contributed by atoms with Crippen molar-refractivity contribution in [3.63, 3.8) is 0 Å². The molecular formula is C13H17F2NS2. The number of thioether (sulfide) groups is 2. The van der Waals surface area contributed by atoms with Gasteiger partial charge in [-0.05, 0) is 12.5 Å². The van der Waals surface area contributed by atoms with Crippen LogP contribution in [0.15, 0.2) is 18.2 Å². The first-order valence-electron chi connectivity index (χ1n) is 6.07. The number of hydrogen-bond donors (Lipinski definition) is 1. The minimum Gasteiger partial charge on any atom is -0.323 e. The average molecular weight is 289 g/mol. The predicted octanol–water partition coefficient (Wildman–Crippen LogP) is 3.59. The maximum absolute atomic E-state index is 13.8. The van der Waals surface area contributed by atoms with Gasteiger partial charge in [0.1, 0.15) is 11.6 Å². The lowest BCUT2D eigenvalue weighted by atomic mass is 10.0. The zero-order valence-electron chi connectivity index (χ0n) is 10.2. The zero-order chi connectivity index (χ0) is 13.1. The van der Waals surface area contributed by atoms with Gasteiger partial charge in [0.2, 0.25) is 0 Å². The maximum Gasteiger partial charge on any atom is 0.130 e. The summed E-state index contributed by atoms with van der Waals surface area (Å²) in [7, 11) is 0. The van der Waals surface area contributed by atoms with Crippen molar-refractivity contribution >= 4 is 23.5 Å². The number of rotatable bonds is 3. The second-order valence-corrected chi connectivity index (χ2v) is 6.98. The summed E-state index contributed by atoms with van der Waals surface area (Å²) >= 11 is 3.71. The van der Waals surface area contributed by atoms with E-state index < -0.39 is 11.6 Å². The number of halogens is 2. The Hall–Kier alpha value is -0.260. The molecule has 0 amide bonds. The van der Waals surface area contributed by atoms with Crippen LogP contribution in [0.5, 0.6) is 0 Å². The number of hydrogen-bond acceptors (Lipinski definition) is 3. The molecular weight excluding hydrogens is 272 g/mol. The quantitative estimate of drug-likeness (QED) is 0.921. The Bertz CT molecular complexity index is 414. The molecule has 1 saturated heterocycles. The highest BCUT2D eigenvalue weighted by atomic mass is 32.2. The zero-order valence-corrected chi connectivity index (χ0v) is 11.9. The molecule has 1 aliphatic rings. The molecule has 1 heterocycles. The van der Waals surface area contributed by atoms with Crippen LogP contribution in [0.3, 0.4) is 0 Å². The predicted molar refractivity (Wildman–Crippen MR) is 76.1 cm³/mol. The molecule has 100 valence electrons. The third kappa shape index (κ3) is 3.00. The molecule has 0 saturated carbocycles. The Morgan fingerprint density at radius 2 is 2.06 bits per heavy atom. The van der Waals surface area contributed by atoms with Gasteiger partial charge in [0.05, 0.1) is 0 Å². The van der Waals surface area contributed by atoms with Gasteiger partial charge in [-0.25, -0.2) is 8.78 Å². The van der Waals surface area contributed by atoms with Crippen molar-refractivity contribution in [3.8, 4) is 0 Å². The van der Waals surface area contributed by atoms with Gasteiger partial charge >= 0.3 is 0 Å².